The summed E-state index contributed by atoms with van der Waals surface area (Å²) in [6.07, 6.45) is 6.55. The second-order valence-corrected chi connectivity index (χ2v) is 9.07. The van der Waals surface area contributed by atoms with E-state index in [2.05, 4.69) is 10.2 Å². The Morgan fingerprint density at radius 3 is 2.77 bits per heavy atom. The number of carbonyl (C=O) groups excluding carboxylic acids is 1. The van der Waals surface area contributed by atoms with E-state index in [1.54, 1.807) is 0 Å². The number of rotatable bonds is 7. The van der Waals surface area contributed by atoms with Crippen molar-refractivity contribution in [1.29, 1.82) is 0 Å². The van der Waals surface area contributed by atoms with Gasteiger partial charge < -0.3 is 19.7 Å². The largest absolute Gasteiger partial charge is 0.396 e. The Labute approximate surface area is 184 Å². The van der Waals surface area contributed by atoms with Gasteiger partial charge in [0.15, 0.2) is 0 Å². The van der Waals surface area contributed by atoms with E-state index in [1.165, 1.54) is 0 Å². The maximum atomic E-state index is 13.2. The number of ether oxygens (including phenoxy) is 1. The number of hydrogen-bond acceptors (Lipinski definition) is 5. The van der Waals surface area contributed by atoms with E-state index in [4.69, 9.17) is 4.74 Å². The highest BCUT2D eigenvalue weighted by atomic mass is 16.5. The maximum absolute atomic E-state index is 13.2. The lowest BCUT2D eigenvalue weighted by atomic mass is 9.88. The SMILES string of the molecule is C/C=C\c1ccc2n(c1=O)C[C@H]1[C@H](CO)[C@@H](C(=O)NCCC)N(CC3CCOCC3)[C@@H]21. The average Bonchev–Trinajstić information content (AvgIpc) is 3.30. The lowest BCUT2D eigenvalue weighted by molar-refractivity contribution is -0.128. The van der Waals surface area contributed by atoms with Crippen molar-refractivity contribution in [2.75, 3.05) is 32.9 Å². The number of amides is 1. The molecule has 1 aromatic rings. The van der Waals surface area contributed by atoms with Gasteiger partial charge in [-0.2, -0.15) is 0 Å². The first-order chi connectivity index (χ1) is 15.1. The smallest absolute Gasteiger partial charge is 0.258 e. The Morgan fingerprint density at radius 1 is 1.32 bits per heavy atom. The summed E-state index contributed by atoms with van der Waals surface area (Å²) >= 11 is 0. The molecule has 0 radical (unpaired) electrons. The number of nitrogens with zero attached hydrogens (tertiary/aromatic N) is 2. The molecule has 7 heteroatoms. The molecule has 0 saturated carbocycles. The number of hydrogen-bond donors (Lipinski definition) is 2. The van der Waals surface area contributed by atoms with E-state index in [0.29, 0.717) is 24.6 Å². The van der Waals surface area contributed by atoms with Crippen LogP contribution >= 0.6 is 0 Å². The van der Waals surface area contributed by atoms with Crippen LogP contribution in [0.1, 0.15) is 50.4 Å². The van der Waals surface area contributed by atoms with Gasteiger partial charge in [0.05, 0.1) is 12.1 Å². The van der Waals surface area contributed by atoms with Gasteiger partial charge in [-0.05, 0) is 44.2 Å². The van der Waals surface area contributed by atoms with Crippen LogP contribution in [0.15, 0.2) is 23.0 Å². The van der Waals surface area contributed by atoms with Crippen molar-refractivity contribution in [1.82, 2.24) is 14.8 Å². The van der Waals surface area contributed by atoms with E-state index < -0.39 is 0 Å². The zero-order chi connectivity index (χ0) is 22.0. The van der Waals surface area contributed by atoms with Crippen molar-refractivity contribution >= 4 is 12.0 Å². The van der Waals surface area contributed by atoms with Gasteiger partial charge in [0, 0.05) is 62.5 Å². The van der Waals surface area contributed by atoms with Gasteiger partial charge in [0.1, 0.15) is 0 Å². The fraction of sp³-hybridized carbons (Fsp3) is 0.667. The summed E-state index contributed by atoms with van der Waals surface area (Å²) in [4.78, 5) is 28.6. The van der Waals surface area contributed by atoms with Crippen molar-refractivity contribution in [2.24, 2.45) is 17.8 Å². The lowest BCUT2D eigenvalue weighted by Gasteiger charge is -2.35. The molecule has 0 bridgehead atoms. The van der Waals surface area contributed by atoms with Crippen LogP contribution in [-0.4, -0.2) is 59.4 Å². The van der Waals surface area contributed by atoms with E-state index in [0.717, 1.165) is 44.7 Å². The number of carbonyl (C=O) groups is 1. The zero-order valence-electron chi connectivity index (χ0n) is 18.6. The third-order valence-corrected chi connectivity index (χ3v) is 7.19. The summed E-state index contributed by atoms with van der Waals surface area (Å²) < 4.78 is 7.40. The van der Waals surface area contributed by atoms with Crippen LogP contribution < -0.4 is 10.9 Å². The molecule has 2 N–H and O–H groups in total. The molecule has 1 aromatic heterocycles. The predicted molar refractivity (Wildman–Crippen MR) is 120 cm³/mol. The molecular weight excluding hydrogens is 394 g/mol. The number of allylic oxidation sites excluding steroid dienone is 1. The van der Waals surface area contributed by atoms with Crippen molar-refractivity contribution in [3.63, 3.8) is 0 Å². The number of likely N-dealkylation sites (tertiary alicyclic amines) is 1. The Morgan fingerprint density at radius 2 is 2.10 bits per heavy atom. The van der Waals surface area contributed by atoms with Crippen molar-refractivity contribution in [3.05, 3.63) is 39.8 Å². The van der Waals surface area contributed by atoms with Crippen LogP contribution in [0.5, 0.6) is 0 Å². The van der Waals surface area contributed by atoms with E-state index in [9.17, 15) is 14.7 Å². The van der Waals surface area contributed by atoms with Crippen LogP contribution in [0.2, 0.25) is 0 Å². The average molecular weight is 430 g/mol. The van der Waals surface area contributed by atoms with Gasteiger partial charge in [0.2, 0.25) is 5.91 Å². The molecule has 2 saturated heterocycles. The van der Waals surface area contributed by atoms with Crippen LogP contribution in [0, 0.1) is 17.8 Å². The third-order valence-electron chi connectivity index (χ3n) is 7.19. The molecule has 1 amide bonds. The van der Waals surface area contributed by atoms with Gasteiger partial charge in [-0.3, -0.25) is 14.5 Å². The van der Waals surface area contributed by atoms with Gasteiger partial charge in [-0.15, -0.1) is 0 Å². The molecular formula is C24H35N3O4. The number of fused-ring (bicyclic) bond motifs is 3. The molecule has 0 aliphatic carbocycles. The molecule has 2 fully saturated rings. The summed E-state index contributed by atoms with van der Waals surface area (Å²) in [5, 5.41) is 13.4. The fourth-order valence-electron chi connectivity index (χ4n) is 5.72. The van der Waals surface area contributed by atoms with Crippen LogP contribution in [0.3, 0.4) is 0 Å². The molecule has 31 heavy (non-hydrogen) atoms. The highest BCUT2D eigenvalue weighted by Crippen LogP contribution is 2.49. The maximum Gasteiger partial charge on any atom is 0.258 e. The van der Waals surface area contributed by atoms with E-state index in [-0.39, 0.29) is 42.0 Å². The fourth-order valence-corrected chi connectivity index (χ4v) is 5.72. The Kier molecular flexibility index (Phi) is 6.94. The molecule has 7 nitrogen and oxygen atoms in total. The molecule has 4 heterocycles. The van der Waals surface area contributed by atoms with Crippen molar-refractivity contribution < 1.29 is 14.6 Å². The topological polar surface area (TPSA) is 83.8 Å². The molecule has 4 atom stereocenters. The normalized spacial score (nSPS) is 28.7. The first-order valence-electron chi connectivity index (χ1n) is 11.7. The number of pyridine rings is 1. The first-order valence-corrected chi connectivity index (χ1v) is 11.7. The second-order valence-electron chi connectivity index (χ2n) is 9.07. The van der Waals surface area contributed by atoms with E-state index >= 15 is 0 Å². The van der Waals surface area contributed by atoms with Crippen LogP contribution in [-0.2, 0) is 16.1 Å². The highest BCUT2D eigenvalue weighted by molar-refractivity contribution is 5.82. The van der Waals surface area contributed by atoms with Gasteiger partial charge >= 0.3 is 0 Å². The molecule has 3 aliphatic rings. The molecule has 170 valence electrons. The van der Waals surface area contributed by atoms with Crippen LogP contribution in [0.25, 0.3) is 6.08 Å². The van der Waals surface area contributed by atoms with Gasteiger partial charge in [-0.25, -0.2) is 0 Å². The summed E-state index contributed by atoms with van der Waals surface area (Å²) in [6.45, 7) is 7.38. The van der Waals surface area contributed by atoms with Crippen molar-refractivity contribution in [3.8, 4) is 0 Å². The minimum atomic E-state index is -0.367. The monoisotopic (exact) mass is 429 g/mol. The Balaban J connectivity index is 1.71. The number of nitrogens with one attached hydrogen (secondary N) is 1. The van der Waals surface area contributed by atoms with Crippen LogP contribution in [0.4, 0.5) is 0 Å². The summed E-state index contributed by atoms with van der Waals surface area (Å²) in [5.74, 6) is 0.320. The lowest BCUT2D eigenvalue weighted by Crippen LogP contribution is -2.50. The van der Waals surface area contributed by atoms with E-state index in [1.807, 2.05) is 42.7 Å². The molecule has 0 spiro atoms. The molecule has 4 rings (SSSR count). The quantitative estimate of drug-likeness (QED) is 0.691. The van der Waals surface area contributed by atoms with Gasteiger partial charge in [-0.1, -0.05) is 19.1 Å². The summed E-state index contributed by atoms with van der Waals surface area (Å²) in [6, 6.07) is 3.54. The Bertz CT molecular complexity index is 874. The molecule has 0 aromatic carbocycles. The second kappa shape index (κ2) is 9.67. The number of aliphatic hydroxyl groups is 1. The minimum absolute atomic E-state index is 0.00166. The first kappa shape index (κ1) is 22.2. The minimum Gasteiger partial charge on any atom is -0.396 e. The molecule has 0 unspecified atom stereocenters. The summed E-state index contributed by atoms with van der Waals surface area (Å²) in [7, 11) is 0. The van der Waals surface area contributed by atoms with Gasteiger partial charge in [0.25, 0.3) is 5.56 Å². The standard InChI is InChI=1S/C24H35N3O4/c1-3-5-17-6-7-20-21-18(14-26(20)24(17)30)19(15-28)22(23(29)25-10-4-2)27(21)13-16-8-11-31-12-9-16/h3,5-7,16,18-19,21-22,28H,4,8-15H2,1-2H3,(H,25,29)/b5-3-/t18-,19-,21+,22-/m0/s1. The third kappa shape index (κ3) is 4.11. The molecule has 3 aliphatic heterocycles. The number of aliphatic hydroxyl groups excluding tert-OH is 1. The summed E-state index contributed by atoms with van der Waals surface area (Å²) in [5.41, 5.74) is 1.67. The zero-order valence-corrected chi connectivity index (χ0v) is 18.6. The number of aromatic nitrogens is 1. The Hall–Kier alpha value is -1.96. The van der Waals surface area contributed by atoms with Crippen molar-refractivity contribution in [2.45, 2.75) is 51.7 Å². The predicted octanol–water partition coefficient (Wildman–Crippen LogP) is 1.80. The highest BCUT2D eigenvalue weighted by Gasteiger charge is 2.55.